The predicted molar refractivity (Wildman–Crippen MR) is 54.2 cm³/mol. The number of hydrogen-bond acceptors (Lipinski definition) is 3. The van der Waals surface area contributed by atoms with Gasteiger partial charge >= 0.3 is 5.97 Å². The van der Waals surface area contributed by atoms with Crippen LogP contribution >= 0.6 is 11.6 Å². The van der Waals surface area contributed by atoms with Crippen LogP contribution in [0.5, 0.6) is 5.75 Å². The topological polar surface area (TPSA) is 70.3 Å². The standard InChI is InChI=1S/C10H8ClNO3/c1-15-9-3-6(4-11)7(5-12)2-8(9)10(13)14/h2-3H,4H2,1H3,(H,13,14). The first-order chi connectivity index (χ1) is 7.13. The molecule has 1 rings (SSSR count). The number of benzene rings is 1. The van der Waals surface area contributed by atoms with Crippen molar-refractivity contribution < 1.29 is 14.6 Å². The first-order valence-electron chi connectivity index (χ1n) is 4.04. The second-order valence-electron chi connectivity index (χ2n) is 2.76. The number of alkyl halides is 1. The third kappa shape index (κ3) is 2.20. The summed E-state index contributed by atoms with van der Waals surface area (Å²) in [6.07, 6.45) is 0. The molecule has 0 heterocycles. The smallest absolute Gasteiger partial charge is 0.339 e. The van der Waals surface area contributed by atoms with Gasteiger partial charge in [0.1, 0.15) is 11.3 Å². The van der Waals surface area contributed by atoms with E-state index in [0.717, 1.165) is 0 Å². The Balaban J connectivity index is 3.42. The van der Waals surface area contributed by atoms with Crippen LogP contribution in [0.25, 0.3) is 0 Å². The molecule has 15 heavy (non-hydrogen) atoms. The van der Waals surface area contributed by atoms with Gasteiger partial charge in [-0.1, -0.05) is 0 Å². The fourth-order valence-electron chi connectivity index (χ4n) is 1.17. The van der Waals surface area contributed by atoms with Crippen LogP contribution in [-0.4, -0.2) is 18.2 Å². The first-order valence-corrected chi connectivity index (χ1v) is 4.57. The Kier molecular flexibility index (Phi) is 3.53. The van der Waals surface area contributed by atoms with Crippen LogP contribution in [0.4, 0.5) is 0 Å². The van der Waals surface area contributed by atoms with Crippen molar-refractivity contribution in [1.82, 2.24) is 0 Å². The van der Waals surface area contributed by atoms with Crippen LogP contribution in [0, 0.1) is 11.3 Å². The molecule has 0 saturated heterocycles. The van der Waals surface area contributed by atoms with Crippen molar-refractivity contribution in [2.24, 2.45) is 0 Å². The quantitative estimate of drug-likeness (QED) is 0.799. The lowest BCUT2D eigenvalue weighted by atomic mass is 10.0. The molecule has 0 spiro atoms. The highest BCUT2D eigenvalue weighted by Gasteiger charge is 2.14. The van der Waals surface area contributed by atoms with Gasteiger partial charge in [-0.15, -0.1) is 11.6 Å². The molecule has 4 nitrogen and oxygen atoms in total. The van der Waals surface area contributed by atoms with Crippen LogP contribution in [0.3, 0.4) is 0 Å². The van der Waals surface area contributed by atoms with Crippen LogP contribution in [0.2, 0.25) is 0 Å². The number of nitriles is 1. The van der Waals surface area contributed by atoms with Crippen molar-refractivity contribution in [2.45, 2.75) is 5.88 Å². The molecule has 5 heteroatoms. The maximum Gasteiger partial charge on any atom is 0.339 e. The van der Waals surface area contributed by atoms with E-state index in [2.05, 4.69) is 0 Å². The van der Waals surface area contributed by atoms with E-state index in [-0.39, 0.29) is 22.8 Å². The molecule has 0 aliphatic rings. The molecule has 0 aliphatic carbocycles. The van der Waals surface area contributed by atoms with E-state index >= 15 is 0 Å². The van der Waals surface area contributed by atoms with Gasteiger partial charge in [0.2, 0.25) is 0 Å². The van der Waals surface area contributed by atoms with E-state index in [1.807, 2.05) is 6.07 Å². The number of carboxylic acid groups (broad SMARTS) is 1. The highest BCUT2D eigenvalue weighted by molar-refractivity contribution is 6.17. The van der Waals surface area contributed by atoms with Crippen molar-refractivity contribution in [3.05, 3.63) is 28.8 Å². The molecule has 0 radical (unpaired) electrons. The van der Waals surface area contributed by atoms with E-state index < -0.39 is 5.97 Å². The number of ether oxygens (including phenoxy) is 1. The summed E-state index contributed by atoms with van der Waals surface area (Å²) in [5, 5.41) is 17.6. The summed E-state index contributed by atoms with van der Waals surface area (Å²) < 4.78 is 4.90. The van der Waals surface area contributed by atoms with Gasteiger partial charge < -0.3 is 9.84 Å². The van der Waals surface area contributed by atoms with E-state index in [1.165, 1.54) is 19.2 Å². The van der Waals surface area contributed by atoms with Gasteiger partial charge in [0, 0.05) is 5.88 Å². The fraction of sp³-hybridized carbons (Fsp3) is 0.200. The molecule has 1 aromatic carbocycles. The average molecular weight is 226 g/mol. The number of methoxy groups -OCH3 is 1. The normalized spacial score (nSPS) is 9.40. The monoisotopic (exact) mass is 225 g/mol. The molecule has 0 saturated carbocycles. The maximum absolute atomic E-state index is 10.8. The highest BCUT2D eigenvalue weighted by atomic mass is 35.5. The van der Waals surface area contributed by atoms with Gasteiger partial charge in [-0.05, 0) is 17.7 Å². The van der Waals surface area contributed by atoms with E-state index in [1.54, 1.807) is 0 Å². The minimum atomic E-state index is -1.13. The predicted octanol–water partition coefficient (Wildman–Crippen LogP) is 2.00. The third-order valence-electron chi connectivity index (χ3n) is 1.92. The lowest BCUT2D eigenvalue weighted by Crippen LogP contribution is -2.03. The number of hydrogen-bond donors (Lipinski definition) is 1. The summed E-state index contributed by atoms with van der Waals surface area (Å²) in [6.45, 7) is 0. The van der Waals surface area contributed by atoms with E-state index in [0.29, 0.717) is 5.56 Å². The molecule has 0 aliphatic heterocycles. The summed E-state index contributed by atoms with van der Waals surface area (Å²) >= 11 is 5.62. The summed E-state index contributed by atoms with van der Waals surface area (Å²) in [6, 6.07) is 4.62. The van der Waals surface area contributed by atoms with Crippen LogP contribution < -0.4 is 4.74 Å². The van der Waals surface area contributed by atoms with Gasteiger partial charge in [-0.3, -0.25) is 0 Å². The SMILES string of the molecule is COc1cc(CCl)c(C#N)cc1C(=O)O. The molecule has 0 bridgehead atoms. The molecule has 1 N–H and O–H groups in total. The Bertz CT molecular complexity index is 437. The van der Waals surface area contributed by atoms with Gasteiger partial charge in [-0.2, -0.15) is 5.26 Å². The van der Waals surface area contributed by atoms with Crippen molar-refractivity contribution in [1.29, 1.82) is 5.26 Å². The van der Waals surface area contributed by atoms with Crippen LogP contribution in [0.15, 0.2) is 12.1 Å². The summed E-state index contributed by atoms with van der Waals surface area (Å²) in [7, 11) is 1.37. The second kappa shape index (κ2) is 4.67. The molecular weight excluding hydrogens is 218 g/mol. The summed E-state index contributed by atoms with van der Waals surface area (Å²) in [5.41, 5.74) is 0.770. The van der Waals surface area contributed by atoms with Crippen molar-refractivity contribution in [3.8, 4) is 11.8 Å². The minimum absolute atomic E-state index is 0.0390. The van der Waals surface area contributed by atoms with E-state index in [4.69, 9.17) is 26.7 Å². The largest absolute Gasteiger partial charge is 0.496 e. The first kappa shape index (κ1) is 11.3. The lowest BCUT2D eigenvalue weighted by molar-refractivity contribution is 0.0693. The Morgan fingerprint density at radius 1 is 1.67 bits per heavy atom. The Morgan fingerprint density at radius 2 is 2.33 bits per heavy atom. The molecule has 0 fully saturated rings. The zero-order valence-electron chi connectivity index (χ0n) is 7.95. The maximum atomic E-state index is 10.8. The number of aromatic carboxylic acids is 1. The number of halogens is 1. The molecule has 78 valence electrons. The Hall–Kier alpha value is -1.73. The van der Waals surface area contributed by atoms with Crippen LogP contribution in [-0.2, 0) is 5.88 Å². The molecular formula is C10H8ClNO3. The number of carboxylic acids is 1. The minimum Gasteiger partial charge on any atom is -0.496 e. The van der Waals surface area contributed by atoms with Gasteiger partial charge in [0.15, 0.2) is 0 Å². The summed E-state index contributed by atoms with van der Waals surface area (Å²) in [4.78, 5) is 10.8. The van der Waals surface area contributed by atoms with Crippen LogP contribution in [0.1, 0.15) is 21.5 Å². The average Bonchev–Trinajstić information content (AvgIpc) is 2.26. The molecule has 0 atom stereocenters. The molecule has 0 unspecified atom stereocenters. The fourth-order valence-corrected chi connectivity index (χ4v) is 1.39. The lowest BCUT2D eigenvalue weighted by Gasteiger charge is -2.07. The molecule has 0 aromatic heterocycles. The third-order valence-corrected chi connectivity index (χ3v) is 2.21. The van der Waals surface area contributed by atoms with Crippen molar-refractivity contribution in [3.63, 3.8) is 0 Å². The Labute approximate surface area is 91.7 Å². The van der Waals surface area contributed by atoms with E-state index in [9.17, 15) is 4.79 Å². The van der Waals surface area contributed by atoms with Gasteiger partial charge in [0.25, 0.3) is 0 Å². The zero-order chi connectivity index (χ0) is 11.4. The summed E-state index contributed by atoms with van der Waals surface area (Å²) in [5.74, 6) is -0.791. The van der Waals surface area contributed by atoms with Crippen molar-refractivity contribution >= 4 is 17.6 Å². The van der Waals surface area contributed by atoms with Gasteiger partial charge in [-0.25, -0.2) is 4.79 Å². The van der Waals surface area contributed by atoms with Gasteiger partial charge in [0.05, 0.1) is 18.7 Å². The molecule has 0 amide bonds. The zero-order valence-corrected chi connectivity index (χ0v) is 8.71. The molecule has 1 aromatic rings. The van der Waals surface area contributed by atoms with Crippen molar-refractivity contribution in [2.75, 3.05) is 7.11 Å². The Morgan fingerprint density at radius 3 is 2.73 bits per heavy atom. The number of rotatable bonds is 3. The number of carbonyl (C=O) groups is 1. The highest BCUT2D eigenvalue weighted by Crippen LogP contribution is 2.24. The second-order valence-corrected chi connectivity index (χ2v) is 3.03. The number of nitrogens with zero attached hydrogens (tertiary/aromatic N) is 1.